The standard InChI is InChI=1S/C26H29N5O2/c1-18-15-22(30-16-19(2)33-20(3)17-30)9-10-24(18)31-14-12-25(32)26(29-31)23(11-13-27)28-21-7-5-4-6-8-21/h4-15,19-20,27-28H,16-17H2,1-3H3/b23-11-,27-13?/t19-,20+. The van der Waals surface area contributed by atoms with Crippen molar-refractivity contribution < 1.29 is 4.74 Å². The normalized spacial score (nSPS) is 18.8. The van der Waals surface area contributed by atoms with Crippen molar-refractivity contribution in [3.05, 3.63) is 88.4 Å². The van der Waals surface area contributed by atoms with Gasteiger partial charge in [0, 0.05) is 42.9 Å². The first-order valence-electron chi connectivity index (χ1n) is 11.1. The van der Waals surface area contributed by atoms with Crippen LogP contribution in [0.15, 0.2) is 71.7 Å². The fourth-order valence-corrected chi connectivity index (χ4v) is 4.15. The summed E-state index contributed by atoms with van der Waals surface area (Å²) < 4.78 is 7.57. The molecule has 0 unspecified atom stereocenters. The Labute approximate surface area is 193 Å². The van der Waals surface area contributed by atoms with Crippen LogP contribution in [0.1, 0.15) is 25.1 Å². The predicted molar refractivity (Wildman–Crippen MR) is 134 cm³/mol. The molecule has 3 aromatic rings. The van der Waals surface area contributed by atoms with Crippen LogP contribution in [0.2, 0.25) is 0 Å². The van der Waals surface area contributed by atoms with Gasteiger partial charge in [-0.3, -0.25) is 4.79 Å². The average Bonchev–Trinajstić information content (AvgIpc) is 2.79. The molecule has 0 bridgehead atoms. The van der Waals surface area contributed by atoms with Crippen LogP contribution in [-0.2, 0) is 4.74 Å². The number of nitrogens with one attached hydrogen (secondary N) is 2. The number of ether oxygens (including phenoxy) is 1. The smallest absolute Gasteiger partial charge is 0.209 e. The minimum absolute atomic E-state index is 0.188. The minimum atomic E-state index is -0.214. The Balaban J connectivity index is 1.66. The molecule has 0 saturated carbocycles. The van der Waals surface area contributed by atoms with Crippen LogP contribution >= 0.6 is 0 Å². The maximum atomic E-state index is 12.7. The van der Waals surface area contributed by atoms with E-state index < -0.39 is 0 Å². The van der Waals surface area contributed by atoms with Crippen molar-refractivity contribution in [2.45, 2.75) is 33.0 Å². The lowest BCUT2D eigenvalue weighted by molar-refractivity contribution is -0.00522. The maximum absolute atomic E-state index is 12.7. The van der Waals surface area contributed by atoms with Crippen LogP contribution in [0.3, 0.4) is 0 Å². The molecule has 0 aliphatic carbocycles. The molecule has 2 heterocycles. The summed E-state index contributed by atoms with van der Waals surface area (Å²) in [5, 5.41) is 15.4. The van der Waals surface area contributed by atoms with E-state index in [1.807, 2.05) is 43.3 Å². The van der Waals surface area contributed by atoms with Gasteiger partial charge in [0.05, 0.1) is 23.6 Å². The number of nitrogens with zero attached hydrogens (tertiary/aromatic N) is 3. The zero-order chi connectivity index (χ0) is 23.4. The number of rotatable bonds is 6. The van der Waals surface area contributed by atoms with Gasteiger partial charge in [-0.1, -0.05) is 18.2 Å². The summed E-state index contributed by atoms with van der Waals surface area (Å²) in [6, 6.07) is 17.3. The molecule has 1 aromatic heterocycles. The lowest BCUT2D eigenvalue weighted by Gasteiger charge is -2.37. The molecule has 170 valence electrons. The highest BCUT2D eigenvalue weighted by Crippen LogP contribution is 2.25. The third kappa shape index (κ3) is 5.21. The molecule has 0 spiro atoms. The van der Waals surface area contributed by atoms with E-state index in [2.05, 4.69) is 41.3 Å². The number of morpholine rings is 1. The Bertz CT molecular complexity index is 1210. The molecular weight excluding hydrogens is 414 g/mol. The van der Waals surface area contributed by atoms with Gasteiger partial charge in [-0.2, -0.15) is 5.10 Å². The molecule has 1 fully saturated rings. The lowest BCUT2D eigenvalue weighted by atomic mass is 10.1. The number of hydrogen-bond donors (Lipinski definition) is 2. The zero-order valence-corrected chi connectivity index (χ0v) is 19.2. The van der Waals surface area contributed by atoms with Crippen molar-refractivity contribution in [2.75, 3.05) is 23.3 Å². The Morgan fingerprint density at radius 1 is 1.12 bits per heavy atom. The molecule has 33 heavy (non-hydrogen) atoms. The number of aromatic nitrogens is 2. The number of anilines is 2. The molecule has 1 saturated heterocycles. The van der Waals surface area contributed by atoms with Crippen LogP contribution in [0.5, 0.6) is 0 Å². The van der Waals surface area contributed by atoms with Crippen molar-refractivity contribution in [1.82, 2.24) is 9.78 Å². The largest absolute Gasteiger partial charge is 0.372 e. The molecule has 2 N–H and O–H groups in total. The molecule has 0 radical (unpaired) electrons. The summed E-state index contributed by atoms with van der Waals surface area (Å²) in [5.41, 5.74) is 4.42. The topological polar surface area (TPSA) is 83.2 Å². The third-order valence-electron chi connectivity index (χ3n) is 5.58. The first-order valence-corrected chi connectivity index (χ1v) is 11.1. The van der Waals surface area contributed by atoms with Crippen LogP contribution in [0, 0.1) is 12.3 Å². The van der Waals surface area contributed by atoms with E-state index >= 15 is 0 Å². The van der Waals surface area contributed by atoms with Gasteiger partial charge in [0.25, 0.3) is 0 Å². The zero-order valence-electron chi connectivity index (χ0n) is 19.2. The summed E-state index contributed by atoms with van der Waals surface area (Å²) in [6.07, 6.45) is 4.74. The first-order chi connectivity index (χ1) is 15.9. The molecule has 4 rings (SSSR count). The highest BCUT2D eigenvalue weighted by Gasteiger charge is 2.22. The summed E-state index contributed by atoms with van der Waals surface area (Å²) in [7, 11) is 0. The highest BCUT2D eigenvalue weighted by molar-refractivity contribution is 5.86. The summed E-state index contributed by atoms with van der Waals surface area (Å²) >= 11 is 0. The Morgan fingerprint density at radius 2 is 1.85 bits per heavy atom. The SMILES string of the molecule is Cc1cc(N2C[C@@H](C)O[C@@H](C)C2)ccc1-n1ccc(=O)c(/C(=C/C=N)Nc2ccccc2)n1. The molecule has 7 nitrogen and oxygen atoms in total. The van der Waals surface area contributed by atoms with Gasteiger partial charge in [-0.15, -0.1) is 0 Å². The van der Waals surface area contributed by atoms with E-state index in [1.54, 1.807) is 10.9 Å². The monoisotopic (exact) mass is 443 g/mol. The number of allylic oxidation sites excluding steroid dienone is 1. The van der Waals surface area contributed by atoms with Crippen LogP contribution in [0.25, 0.3) is 11.4 Å². The van der Waals surface area contributed by atoms with Crippen molar-refractivity contribution in [3.63, 3.8) is 0 Å². The van der Waals surface area contributed by atoms with Crippen molar-refractivity contribution >= 4 is 23.3 Å². The predicted octanol–water partition coefficient (Wildman–Crippen LogP) is 4.26. The summed E-state index contributed by atoms with van der Waals surface area (Å²) in [5.74, 6) is 0. The number of para-hydroxylation sites is 1. The molecule has 0 amide bonds. The van der Waals surface area contributed by atoms with Crippen LogP contribution < -0.4 is 15.6 Å². The average molecular weight is 444 g/mol. The molecule has 1 aliphatic heterocycles. The second kappa shape index (κ2) is 9.83. The van der Waals surface area contributed by atoms with Gasteiger partial charge in [-0.05, 0) is 62.7 Å². The Hall–Kier alpha value is -3.71. The maximum Gasteiger partial charge on any atom is 0.209 e. The Kier molecular flexibility index (Phi) is 6.70. The van der Waals surface area contributed by atoms with Crippen molar-refractivity contribution in [2.24, 2.45) is 0 Å². The van der Waals surface area contributed by atoms with Gasteiger partial charge in [0.1, 0.15) is 0 Å². The molecule has 7 heteroatoms. The molecule has 2 aromatic carbocycles. The second-order valence-corrected chi connectivity index (χ2v) is 8.34. The second-order valence-electron chi connectivity index (χ2n) is 8.34. The molecule has 2 atom stereocenters. The lowest BCUT2D eigenvalue weighted by Crippen LogP contribution is -2.45. The van der Waals surface area contributed by atoms with E-state index in [4.69, 9.17) is 10.1 Å². The van der Waals surface area contributed by atoms with Gasteiger partial charge in [0.15, 0.2) is 5.69 Å². The molecular formula is C26H29N5O2. The highest BCUT2D eigenvalue weighted by atomic mass is 16.5. The van der Waals surface area contributed by atoms with E-state index in [1.165, 1.54) is 12.1 Å². The first kappa shape index (κ1) is 22.5. The Morgan fingerprint density at radius 3 is 2.52 bits per heavy atom. The van der Waals surface area contributed by atoms with E-state index in [0.29, 0.717) is 5.70 Å². The third-order valence-corrected chi connectivity index (χ3v) is 5.58. The van der Waals surface area contributed by atoms with Crippen LogP contribution in [-0.4, -0.2) is 41.3 Å². The summed E-state index contributed by atoms with van der Waals surface area (Å²) in [4.78, 5) is 15.0. The van der Waals surface area contributed by atoms with Gasteiger partial charge in [0.2, 0.25) is 5.43 Å². The van der Waals surface area contributed by atoms with Crippen molar-refractivity contribution in [3.8, 4) is 5.69 Å². The number of benzene rings is 2. The van der Waals surface area contributed by atoms with E-state index in [0.717, 1.165) is 41.9 Å². The number of aryl methyl sites for hydroxylation is 1. The van der Waals surface area contributed by atoms with Gasteiger partial charge in [-0.25, -0.2) is 4.68 Å². The quantitative estimate of drug-likeness (QED) is 0.557. The fraction of sp³-hybridized carbons (Fsp3) is 0.269. The fourth-order valence-electron chi connectivity index (χ4n) is 4.15. The van der Waals surface area contributed by atoms with Crippen molar-refractivity contribution in [1.29, 1.82) is 5.41 Å². The van der Waals surface area contributed by atoms with Gasteiger partial charge < -0.3 is 20.4 Å². The van der Waals surface area contributed by atoms with E-state index in [9.17, 15) is 4.79 Å². The number of hydrogen-bond acceptors (Lipinski definition) is 6. The van der Waals surface area contributed by atoms with Crippen LogP contribution in [0.4, 0.5) is 11.4 Å². The van der Waals surface area contributed by atoms with Gasteiger partial charge >= 0.3 is 0 Å². The summed E-state index contributed by atoms with van der Waals surface area (Å²) in [6.45, 7) is 7.94. The van der Waals surface area contributed by atoms with E-state index in [-0.39, 0.29) is 23.3 Å². The minimum Gasteiger partial charge on any atom is -0.372 e. The molecule has 1 aliphatic rings.